The number of anilines is 1. The number of amides is 1. The van der Waals surface area contributed by atoms with Crippen molar-refractivity contribution in [3.05, 3.63) is 29.3 Å². The quantitative estimate of drug-likeness (QED) is 0.711. The van der Waals surface area contributed by atoms with E-state index in [1.54, 1.807) is 0 Å². The Morgan fingerprint density at radius 1 is 1.11 bits per heavy atom. The van der Waals surface area contributed by atoms with E-state index in [4.69, 9.17) is 4.74 Å². The minimum Gasteiger partial charge on any atom is -0.455 e. The molecule has 1 spiro atoms. The number of thioether (sulfide) groups is 2. The summed E-state index contributed by atoms with van der Waals surface area (Å²) in [6, 6.07) is 5.79. The second kappa shape index (κ2) is 8.31. The van der Waals surface area contributed by atoms with Gasteiger partial charge in [-0.25, -0.2) is 0 Å². The molecular formula is C22H29NO3S2. The van der Waals surface area contributed by atoms with Crippen molar-refractivity contribution in [1.82, 2.24) is 0 Å². The Bertz CT molecular complexity index is 744. The van der Waals surface area contributed by atoms with Crippen LogP contribution in [-0.2, 0) is 14.3 Å². The van der Waals surface area contributed by atoms with Crippen molar-refractivity contribution in [1.29, 1.82) is 0 Å². The number of carbonyl (C=O) groups excluding carboxylic acids is 2. The summed E-state index contributed by atoms with van der Waals surface area (Å²) in [6.45, 7) is 3.85. The lowest BCUT2D eigenvalue weighted by Gasteiger charge is -2.51. The third-order valence-electron chi connectivity index (χ3n) is 6.59. The van der Waals surface area contributed by atoms with Gasteiger partial charge in [0.1, 0.15) is 0 Å². The van der Waals surface area contributed by atoms with Gasteiger partial charge < -0.3 is 10.1 Å². The highest BCUT2D eigenvalue weighted by Gasteiger charge is 2.55. The van der Waals surface area contributed by atoms with Crippen molar-refractivity contribution in [2.75, 3.05) is 23.4 Å². The number of ether oxygens (including phenoxy) is 1. The Morgan fingerprint density at radius 3 is 2.43 bits per heavy atom. The van der Waals surface area contributed by atoms with E-state index >= 15 is 0 Å². The summed E-state index contributed by atoms with van der Waals surface area (Å²) < 4.78 is 5.78. The monoisotopic (exact) mass is 419 g/mol. The second-order valence-electron chi connectivity index (χ2n) is 8.37. The molecular weight excluding hydrogens is 390 g/mol. The molecule has 3 aliphatic rings. The number of rotatable bonds is 4. The topological polar surface area (TPSA) is 55.4 Å². The molecule has 4 rings (SSSR count). The summed E-state index contributed by atoms with van der Waals surface area (Å²) in [4.78, 5) is 24.9. The lowest BCUT2D eigenvalue weighted by atomic mass is 9.67. The van der Waals surface area contributed by atoms with Crippen molar-refractivity contribution in [2.24, 2.45) is 17.8 Å². The number of aryl methyl sites for hydroxylation is 2. The normalized spacial score (nSPS) is 28.1. The lowest BCUT2D eigenvalue weighted by molar-refractivity contribution is -0.154. The van der Waals surface area contributed by atoms with Crippen LogP contribution in [0.25, 0.3) is 0 Å². The minimum atomic E-state index is -0.272. The number of esters is 1. The molecule has 3 fully saturated rings. The predicted molar refractivity (Wildman–Crippen MR) is 117 cm³/mol. The molecule has 0 radical (unpaired) electrons. The predicted octanol–water partition coefficient (Wildman–Crippen LogP) is 4.79. The first kappa shape index (κ1) is 20.1. The lowest BCUT2D eigenvalue weighted by Crippen LogP contribution is -2.48. The molecule has 2 bridgehead atoms. The van der Waals surface area contributed by atoms with Gasteiger partial charge in [-0.1, -0.05) is 12.5 Å². The van der Waals surface area contributed by atoms with E-state index in [9.17, 15) is 9.59 Å². The van der Waals surface area contributed by atoms with Crippen LogP contribution in [0.1, 0.15) is 43.2 Å². The van der Waals surface area contributed by atoms with Gasteiger partial charge in [0, 0.05) is 17.2 Å². The fourth-order valence-electron chi connectivity index (χ4n) is 5.07. The summed E-state index contributed by atoms with van der Waals surface area (Å²) in [7, 11) is 0. The van der Waals surface area contributed by atoms with Gasteiger partial charge in [0.2, 0.25) is 0 Å². The van der Waals surface area contributed by atoms with Crippen LogP contribution in [0, 0.1) is 31.6 Å². The maximum absolute atomic E-state index is 12.7. The van der Waals surface area contributed by atoms with Crippen LogP contribution in [0.3, 0.4) is 0 Å². The average molecular weight is 420 g/mol. The van der Waals surface area contributed by atoms with Crippen LogP contribution in [0.4, 0.5) is 5.69 Å². The first-order valence-electron chi connectivity index (χ1n) is 10.3. The van der Waals surface area contributed by atoms with E-state index in [2.05, 4.69) is 28.8 Å². The molecule has 1 aromatic rings. The molecule has 1 aromatic carbocycles. The number of hydrogen-bond acceptors (Lipinski definition) is 5. The standard InChI is InChI=1S/C22H29NO3S2/c1-14-6-7-19(10-15(14)2)23-20(24)13-26-21(25)16-11-17-4-3-5-18(12-16)22(17)27-8-9-28-22/h6-7,10,16-18H,3-5,8-9,11-13H2,1-2H3,(H,23,24)/t17-,18-/m1/s1. The maximum Gasteiger partial charge on any atom is 0.309 e. The van der Waals surface area contributed by atoms with Gasteiger partial charge in [-0.15, -0.1) is 23.5 Å². The summed E-state index contributed by atoms with van der Waals surface area (Å²) >= 11 is 4.28. The van der Waals surface area contributed by atoms with E-state index < -0.39 is 0 Å². The molecule has 1 saturated heterocycles. The Balaban J connectivity index is 1.30. The summed E-state index contributed by atoms with van der Waals surface area (Å²) in [6.07, 6.45) is 5.60. The van der Waals surface area contributed by atoms with Crippen molar-refractivity contribution >= 4 is 41.1 Å². The van der Waals surface area contributed by atoms with Crippen LogP contribution in [0.2, 0.25) is 0 Å². The molecule has 0 unspecified atom stereocenters. The number of carbonyl (C=O) groups is 2. The van der Waals surface area contributed by atoms with Crippen molar-refractivity contribution < 1.29 is 14.3 Å². The van der Waals surface area contributed by atoms with Crippen LogP contribution in [0.15, 0.2) is 18.2 Å². The summed E-state index contributed by atoms with van der Waals surface area (Å²) in [5.41, 5.74) is 3.05. The first-order chi connectivity index (χ1) is 13.5. The van der Waals surface area contributed by atoms with E-state index in [0.29, 0.717) is 15.9 Å². The van der Waals surface area contributed by atoms with Gasteiger partial charge in [0.15, 0.2) is 6.61 Å². The molecule has 1 aliphatic heterocycles. The molecule has 0 aromatic heterocycles. The van der Waals surface area contributed by atoms with Gasteiger partial charge in [-0.05, 0) is 74.6 Å². The Morgan fingerprint density at radius 2 is 1.79 bits per heavy atom. The average Bonchev–Trinajstić information content (AvgIpc) is 3.12. The number of nitrogens with one attached hydrogen (secondary N) is 1. The molecule has 2 aliphatic carbocycles. The zero-order chi connectivity index (χ0) is 19.7. The summed E-state index contributed by atoms with van der Waals surface area (Å²) in [5.74, 6) is 3.20. The Hall–Kier alpha value is -1.14. The highest BCUT2D eigenvalue weighted by molar-refractivity contribution is 8.21. The van der Waals surface area contributed by atoms with Crippen molar-refractivity contribution in [3.8, 4) is 0 Å². The smallest absolute Gasteiger partial charge is 0.309 e. The third kappa shape index (κ3) is 3.95. The van der Waals surface area contributed by atoms with E-state index in [1.165, 1.54) is 36.3 Å². The summed E-state index contributed by atoms with van der Waals surface area (Å²) in [5, 5.41) is 2.82. The molecule has 1 N–H and O–H groups in total. The largest absolute Gasteiger partial charge is 0.455 e. The molecule has 4 nitrogen and oxygen atoms in total. The molecule has 1 heterocycles. The van der Waals surface area contributed by atoms with Crippen LogP contribution < -0.4 is 5.32 Å². The molecule has 2 saturated carbocycles. The minimum absolute atomic E-state index is 0.0443. The second-order valence-corrected chi connectivity index (χ2v) is 11.4. The number of hydrogen-bond donors (Lipinski definition) is 1. The van der Waals surface area contributed by atoms with Gasteiger partial charge in [-0.2, -0.15) is 0 Å². The zero-order valence-electron chi connectivity index (χ0n) is 16.7. The SMILES string of the molecule is Cc1ccc(NC(=O)COC(=O)C2C[C@H]3CCC[C@H](C2)C32SCCS2)cc1C. The molecule has 152 valence electrons. The van der Waals surface area contributed by atoms with Crippen molar-refractivity contribution in [2.45, 2.75) is 50.0 Å². The van der Waals surface area contributed by atoms with Gasteiger partial charge >= 0.3 is 5.97 Å². The van der Waals surface area contributed by atoms with E-state index in [0.717, 1.165) is 24.1 Å². The zero-order valence-corrected chi connectivity index (χ0v) is 18.3. The highest BCUT2D eigenvalue weighted by atomic mass is 32.2. The molecule has 2 atom stereocenters. The molecule has 6 heteroatoms. The Kier molecular flexibility index (Phi) is 5.98. The Labute approximate surface area is 175 Å². The van der Waals surface area contributed by atoms with Crippen LogP contribution in [0.5, 0.6) is 0 Å². The highest BCUT2D eigenvalue weighted by Crippen LogP contribution is 2.64. The maximum atomic E-state index is 12.7. The van der Waals surface area contributed by atoms with Gasteiger partial charge in [-0.3, -0.25) is 9.59 Å². The first-order valence-corrected chi connectivity index (χ1v) is 12.3. The molecule has 1 amide bonds. The third-order valence-corrected chi connectivity index (χ3v) is 10.6. The van der Waals surface area contributed by atoms with Crippen LogP contribution in [-0.4, -0.2) is 34.1 Å². The fourth-order valence-corrected chi connectivity index (χ4v) is 9.01. The molecule has 28 heavy (non-hydrogen) atoms. The van der Waals surface area contributed by atoms with Gasteiger partial charge in [0.05, 0.1) is 10.00 Å². The van der Waals surface area contributed by atoms with Crippen LogP contribution >= 0.6 is 23.5 Å². The van der Waals surface area contributed by atoms with E-state index in [-0.39, 0.29) is 24.4 Å². The fraction of sp³-hybridized carbons (Fsp3) is 0.636. The van der Waals surface area contributed by atoms with E-state index in [1.807, 2.05) is 32.0 Å². The van der Waals surface area contributed by atoms with Gasteiger partial charge in [0.25, 0.3) is 5.91 Å². The van der Waals surface area contributed by atoms with Crippen molar-refractivity contribution in [3.63, 3.8) is 0 Å². The number of benzene rings is 1.